The zero-order valence-corrected chi connectivity index (χ0v) is 28.1. The van der Waals surface area contributed by atoms with Gasteiger partial charge < -0.3 is 16.0 Å². The summed E-state index contributed by atoms with van der Waals surface area (Å²) in [5, 5.41) is 3.42. The monoisotopic (exact) mass is 655 g/mol. The number of halogens is 1. The molecule has 10 nitrogen and oxygen atoms in total. The fourth-order valence-corrected chi connectivity index (χ4v) is 7.24. The summed E-state index contributed by atoms with van der Waals surface area (Å²) >= 11 is 0. The third kappa shape index (κ3) is 7.28. The van der Waals surface area contributed by atoms with E-state index < -0.39 is 29.0 Å². The van der Waals surface area contributed by atoms with Crippen molar-refractivity contribution in [2.75, 3.05) is 33.2 Å². The predicted molar refractivity (Wildman–Crippen MR) is 187 cm³/mol. The maximum absolute atomic E-state index is 14.5. The second kappa shape index (κ2) is 14.5. The first kappa shape index (κ1) is 33.7. The van der Waals surface area contributed by atoms with Gasteiger partial charge in [0.05, 0.1) is 23.3 Å². The number of carbonyl (C=O) groups excluding carboxylic acids is 1. The van der Waals surface area contributed by atoms with Gasteiger partial charge in [-0.25, -0.2) is 18.7 Å². The minimum Gasteiger partial charge on any atom is -0.368 e. The second-order valence-electron chi connectivity index (χ2n) is 13.8. The Labute approximate surface area is 280 Å². The van der Waals surface area contributed by atoms with Crippen LogP contribution in [0.15, 0.2) is 70.4 Å². The van der Waals surface area contributed by atoms with Crippen LogP contribution in [0.4, 0.5) is 4.39 Å². The van der Waals surface area contributed by atoms with Crippen LogP contribution in [0.2, 0.25) is 0 Å². The van der Waals surface area contributed by atoms with E-state index in [4.69, 9.17) is 5.73 Å². The normalized spacial score (nSPS) is 20.2. The van der Waals surface area contributed by atoms with Crippen LogP contribution in [0.1, 0.15) is 57.6 Å². The van der Waals surface area contributed by atoms with Crippen molar-refractivity contribution in [3.05, 3.63) is 93.0 Å². The summed E-state index contributed by atoms with van der Waals surface area (Å²) in [6, 6.07) is 16.5. The fourth-order valence-electron chi connectivity index (χ4n) is 7.24. The lowest BCUT2D eigenvalue weighted by atomic mass is 9.89. The molecule has 2 aromatic heterocycles. The summed E-state index contributed by atoms with van der Waals surface area (Å²) < 4.78 is 17.2. The molecule has 1 atom stereocenters. The van der Waals surface area contributed by atoms with Gasteiger partial charge >= 0.3 is 5.69 Å². The molecule has 1 saturated heterocycles. The maximum atomic E-state index is 14.5. The zero-order chi connectivity index (χ0) is 33.9. The molecule has 0 radical (unpaired) electrons. The Bertz CT molecular complexity index is 1880. The van der Waals surface area contributed by atoms with Crippen LogP contribution in [-0.4, -0.2) is 75.1 Å². The van der Waals surface area contributed by atoms with Gasteiger partial charge in [0.25, 0.3) is 5.56 Å². The smallest absolute Gasteiger partial charge is 0.337 e. The van der Waals surface area contributed by atoms with E-state index in [0.29, 0.717) is 31.4 Å². The SMILES string of the molecule is CC(C)[C@@H](NC1CCC(n2c(=O)c3cc(F)cnc3n(-c3cccc(-c4ccc(CN5CCCN(C)CC5)cc4)c3)c2=O)CC1)C(N)=O. The minimum atomic E-state index is -0.642. The average Bonchev–Trinajstić information content (AvgIpc) is 3.28. The number of likely N-dealkylation sites (N-methyl/N-ethyl adjacent to an activating group) is 1. The van der Waals surface area contributed by atoms with Crippen molar-refractivity contribution >= 4 is 16.9 Å². The third-order valence-corrected chi connectivity index (χ3v) is 9.95. The first-order valence-corrected chi connectivity index (χ1v) is 17.1. The highest BCUT2D eigenvalue weighted by molar-refractivity contribution is 5.80. The predicted octanol–water partition coefficient (Wildman–Crippen LogP) is 4.07. The number of fused-ring (bicyclic) bond motifs is 1. The van der Waals surface area contributed by atoms with Crippen molar-refractivity contribution in [2.24, 2.45) is 11.7 Å². The molecule has 3 heterocycles. The van der Waals surface area contributed by atoms with E-state index in [2.05, 4.69) is 51.4 Å². The quantitative estimate of drug-likeness (QED) is 0.279. The van der Waals surface area contributed by atoms with Crippen molar-refractivity contribution in [3.63, 3.8) is 0 Å². The largest absolute Gasteiger partial charge is 0.368 e. The molecular weight excluding hydrogens is 609 g/mol. The van der Waals surface area contributed by atoms with Gasteiger partial charge in [-0.15, -0.1) is 0 Å². The lowest BCUT2D eigenvalue weighted by Crippen LogP contribution is -2.51. The second-order valence-corrected chi connectivity index (χ2v) is 13.8. The van der Waals surface area contributed by atoms with Crippen LogP contribution in [0, 0.1) is 11.7 Å². The van der Waals surface area contributed by atoms with E-state index in [1.165, 1.54) is 21.1 Å². The van der Waals surface area contributed by atoms with Crippen molar-refractivity contribution in [1.29, 1.82) is 0 Å². The Morgan fingerprint density at radius 1 is 0.979 bits per heavy atom. The molecule has 1 aliphatic heterocycles. The molecule has 2 fully saturated rings. The summed E-state index contributed by atoms with van der Waals surface area (Å²) in [5.74, 6) is -0.996. The van der Waals surface area contributed by atoms with Crippen molar-refractivity contribution < 1.29 is 9.18 Å². The molecule has 0 bridgehead atoms. The molecule has 0 unspecified atom stereocenters. The Kier molecular flexibility index (Phi) is 10.2. The summed E-state index contributed by atoms with van der Waals surface area (Å²) in [4.78, 5) is 49.1. The molecule has 254 valence electrons. The number of aromatic nitrogens is 3. The lowest BCUT2D eigenvalue weighted by Gasteiger charge is -2.33. The average molecular weight is 656 g/mol. The molecule has 1 aliphatic carbocycles. The molecule has 6 rings (SSSR count). The number of primary amides is 1. The van der Waals surface area contributed by atoms with Crippen LogP contribution in [-0.2, 0) is 11.3 Å². The molecular formula is C37H46FN7O3. The van der Waals surface area contributed by atoms with E-state index in [9.17, 15) is 18.8 Å². The van der Waals surface area contributed by atoms with Crippen molar-refractivity contribution in [2.45, 2.75) is 70.6 Å². The van der Waals surface area contributed by atoms with Crippen LogP contribution < -0.4 is 22.3 Å². The van der Waals surface area contributed by atoms with Crippen LogP contribution >= 0.6 is 0 Å². The van der Waals surface area contributed by atoms with E-state index in [-0.39, 0.29) is 29.0 Å². The Balaban J connectivity index is 1.29. The van der Waals surface area contributed by atoms with Crippen LogP contribution in [0.5, 0.6) is 0 Å². The number of pyridine rings is 1. The standard InChI is InChI=1S/C37H46FN7O3/c1-24(2)33(34(39)46)41-29-12-14-30(15-13-29)45-36(47)32-21-28(38)22-40-35(32)44(37(45)48)31-7-4-6-27(20-31)26-10-8-25(9-11-26)23-43-17-5-16-42(3)18-19-43/h4,6-11,20-22,24,29-30,33,41H,5,12-19,23H2,1-3H3,(H2,39,46)/t29?,30?,33-/m1/s1. The van der Waals surface area contributed by atoms with Gasteiger partial charge in [0.2, 0.25) is 5.91 Å². The first-order valence-electron chi connectivity index (χ1n) is 17.1. The number of benzene rings is 2. The van der Waals surface area contributed by atoms with Gasteiger partial charge in [0.1, 0.15) is 5.82 Å². The molecule has 2 aliphatic rings. The summed E-state index contributed by atoms with van der Waals surface area (Å²) in [6.07, 6.45) is 4.61. The number of nitrogens with two attached hydrogens (primary N) is 1. The van der Waals surface area contributed by atoms with Gasteiger partial charge in [-0.2, -0.15) is 0 Å². The highest BCUT2D eigenvalue weighted by Gasteiger charge is 2.30. The molecule has 11 heteroatoms. The van der Waals surface area contributed by atoms with Gasteiger partial charge in [0, 0.05) is 31.7 Å². The molecule has 3 N–H and O–H groups in total. The number of hydrogen-bond donors (Lipinski definition) is 2. The highest BCUT2D eigenvalue weighted by Crippen LogP contribution is 2.29. The third-order valence-electron chi connectivity index (χ3n) is 9.95. The summed E-state index contributed by atoms with van der Waals surface area (Å²) in [7, 11) is 2.17. The van der Waals surface area contributed by atoms with E-state index in [1.807, 2.05) is 38.1 Å². The molecule has 4 aromatic rings. The van der Waals surface area contributed by atoms with E-state index in [0.717, 1.165) is 56.1 Å². The molecule has 48 heavy (non-hydrogen) atoms. The minimum absolute atomic E-state index is 0.0350. The van der Waals surface area contributed by atoms with Gasteiger partial charge in [-0.05, 0) is 93.0 Å². The Hall–Kier alpha value is -4.19. The van der Waals surface area contributed by atoms with Gasteiger partial charge in [-0.1, -0.05) is 50.2 Å². The summed E-state index contributed by atoms with van der Waals surface area (Å²) in [5.41, 5.74) is 8.40. The Morgan fingerprint density at radius 2 is 1.73 bits per heavy atom. The van der Waals surface area contributed by atoms with Gasteiger partial charge in [-0.3, -0.25) is 19.1 Å². The topological polar surface area (TPSA) is 118 Å². The number of rotatable bonds is 9. The first-order chi connectivity index (χ1) is 23.1. The van der Waals surface area contributed by atoms with Crippen LogP contribution in [0.25, 0.3) is 27.8 Å². The molecule has 1 saturated carbocycles. The van der Waals surface area contributed by atoms with E-state index >= 15 is 0 Å². The number of nitrogens with one attached hydrogen (secondary N) is 1. The van der Waals surface area contributed by atoms with Crippen molar-refractivity contribution in [1.82, 2.24) is 29.2 Å². The van der Waals surface area contributed by atoms with Gasteiger partial charge in [0.15, 0.2) is 5.65 Å². The number of nitrogens with zero attached hydrogens (tertiary/aromatic N) is 5. The zero-order valence-electron chi connectivity index (χ0n) is 28.1. The highest BCUT2D eigenvalue weighted by atomic mass is 19.1. The van der Waals surface area contributed by atoms with E-state index in [1.54, 1.807) is 0 Å². The molecule has 2 aromatic carbocycles. The number of carbonyl (C=O) groups is 1. The fraction of sp³-hybridized carbons (Fsp3) is 0.459. The number of hydrogen-bond acceptors (Lipinski definition) is 7. The number of amides is 1. The Morgan fingerprint density at radius 3 is 2.44 bits per heavy atom. The molecule has 1 amide bonds. The van der Waals surface area contributed by atoms with Crippen LogP contribution in [0.3, 0.4) is 0 Å². The van der Waals surface area contributed by atoms with Crippen molar-refractivity contribution in [3.8, 4) is 16.8 Å². The lowest BCUT2D eigenvalue weighted by molar-refractivity contribution is -0.121. The molecule has 0 spiro atoms. The summed E-state index contributed by atoms with van der Waals surface area (Å²) in [6.45, 7) is 9.13. The maximum Gasteiger partial charge on any atom is 0.337 e.